The van der Waals surface area contributed by atoms with E-state index >= 15 is 0 Å². The van der Waals surface area contributed by atoms with Gasteiger partial charge in [-0.3, -0.25) is 4.79 Å². The van der Waals surface area contributed by atoms with Gasteiger partial charge in [-0.1, -0.05) is 26.8 Å². The second-order valence-corrected chi connectivity index (χ2v) is 7.29. The number of anilines is 2. The third kappa shape index (κ3) is 5.90. The van der Waals surface area contributed by atoms with E-state index in [0.717, 1.165) is 18.2 Å². The molecule has 7 heteroatoms. The van der Waals surface area contributed by atoms with Gasteiger partial charge in [-0.15, -0.1) is 0 Å². The summed E-state index contributed by atoms with van der Waals surface area (Å²) in [6, 6.07) is 9.65. The predicted molar refractivity (Wildman–Crippen MR) is 108 cm³/mol. The van der Waals surface area contributed by atoms with E-state index in [-0.39, 0.29) is 17.0 Å². The Bertz CT molecular complexity index is 897. The molecule has 0 aliphatic heterocycles. The number of benzene rings is 2. The molecule has 0 atom stereocenters. The standard InChI is InChI=1S/C21H24F2N4O/c1-21(2,3)18(24)12-19(25-4)27-20(28)13-6-5-7-16(8-13)26-17-10-14(22)9-15(23)11-17/h5-12,24-26H,1-4H3,(H,27,28)/b19-12+,24-18?. The van der Waals surface area contributed by atoms with Crippen molar-refractivity contribution in [2.24, 2.45) is 5.41 Å². The van der Waals surface area contributed by atoms with E-state index in [1.54, 1.807) is 37.4 Å². The van der Waals surface area contributed by atoms with Gasteiger partial charge in [0.2, 0.25) is 0 Å². The number of hydrogen-bond donors (Lipinski definition) is 4. The molecule has 0 aromatic heterocycles. The van der Waals surface area contributed by atoms with Crippen LogP contribution in [0.15, 0.2) is 54.4 Å². The highest BCUT2D eigenvalue weighted by Gasteiger charge is 2.16. The summed E-state index contributed by atoms with van der Waals surface area (Å²) in [4.78, 5) is 12.5. The SMILES string of the molecule is CN/C(=C\C(=N)C(C)(C)C)NC(=O)c1cccc(Nc2cc(F)cc(F)c2)c1. The van der Waals surface area contributed by atoms with Gasteiger partial charge >= 0.3 is 0 Å². The summed E-state index contributed by atoms with van der Waals surface area (Å²) in [5.74, 6) is -1.37. The lowest BCUT2D eigenvalue weighted by atomic mass is 9.90. The van der Waals surface area contributed by atoms with E-state index in [1.807, 2.05) is 20.8 Å². The normalized spacial score (nSPS) is 11.7. The van der Waals surface area contributed by atoms with Crippen molar-refractivity contribution in [3.8, 4) is 0 Å². The van der Waals surface area contributed by atoms with Crippen molar-refractivity contribution >= 4 is 23.0 Å². The maximum absolute atomic E-state index is 13.3. The van der Waals surface area contributed by atoms with E-state index < -0.39 is 11.6 Å². The van der Waals surface area contributed by atoms with Crippen molar-refractivity contribution < 1.29 is 13.6 Å². The highest BCUT2D eigenvalue weighted by Crippen LogP contribution is 2.20. The number of carbonyl (C=O) groups is 1. The molecule has 2 aromatic rings. The quantitative estimate of drug-likeness (QED) is 0.550. The molecular weight excluding hydrogens is 362 g/mol. The molecule has 0 aliphatic rings. The molecular formula is C21H24F2N4O. The van der Waals surface area contributed by atoms with Crippen LogP contribution in [0.5, 0.6) is 0 Å². The van der Waals surface area contributed by atoms with Gasteiger partial charge in [0.25, 0.3) is 5.91 Å². The van der Waals surface area contributed by atoms with Gasteiger partial charge in [0.05, 0.1) is 0 Å². The van der Waals surface area contributed by atoms with Crippen LogP contribution in [0.3, 0.4) is 0 Å². The highest BCUT2D eigenvalue weighted by molar-refractivity contribution is 5.99. The maximum atomic E-state index is 13.3. The largest absolute Gasteiger partial charge is 0.375 e. The Labute approximate surface area is 163 Å². The molecule has 0 radical (unpaired) electrons. The summed E-state index contributed by atoms with van der Waals surface area (Å²) < 4.78 is 26.7. The van der Waals surface area contributed by atoms with Gasteiger partial charge in [-0.2, -0.15) is 0 Å². The molecule has 2 rings (SSSR count). The number of halogens is 2. The third-order valence-electron chi connectivity index (χ3n) is 3.89. The molecule has 4 N–H and O–H groups in total. The summed E-state index contributed by atoms with van der Waals surface area (Å²) in [6.45, 7) is 5.72. The predicted octanol–water partition coefficient (Wildman–Crippen LogP) is 4.56. The van der Waals surface area contributed by atoms with Crippen LogP contribution in [0.2, 0.25) is 0 Å². The summed E-state index contributed by atoms with van der Waals surface area (Å²) in [5.41, 5.74) is 1.11. The molecule has 0 saturated carbocycles. The maximum Gasteiger partial charge on any atom is 0.256 e. The molecule has 0 unspecified atom stereocenters. The Morgan fingerprint density at radius 2 is 1.68 bits per heavy atom. The van der Waals surface area contributed by atoms with Crippen LogP contribution in [0.1, 0.15) is 31.1 Å². The molecule has 0 heterocycles. The molecule has 0 fully saturated rings. The molecule has 1 amide bonds. The number of rotatable bonds is 6. The molecule has 148 valence electrons. The molecule has 0 spiro atoms. The van der Waals surface area contributed by atoms with Crippen LogP contribution in [0, 0.1) is 22.5 Å². The minimum absolute atomic E-state index is 0.240. The van der Waals surface area contributed by atoms with Gasteiger partial charge in [0.1, 0.15) is 17.5 Å². The van der Waals surface area contributed by atoms with Gasteiger partial charge in [0.15, 0.2) is 0 Å². The average molecular weight is 386 g/mol. The number of amides is 1. The lowest BCUT2D eigenvalue weighted by Gasteiger charge is -2.18. The van der Waals surface area contributed by atoms with E-state index in [2.05, 4.69) is 16.0 Å². The first-order valence-electron chi connectivity index (χ1n) is 8.71. The van der Waals surface area contributed by atoms with Crippen LogP contribution in [0.4, 0.5) is 20.2 Å². The fourth-order valence-electron chi connectivity index (χ4n) is 2.26. The summed E-state index contributed by atoms with van der Waals surface area (Å²) >= 11 is 0. The van der Waals surface area contributed by atoms with Crippen molar-refractivity contribution in [3.63, 3.8) is 0 Å². The van der Waals surface area contributed by atoms with Crippen molar-refractivity contribution in [1.82, 2.24) is 10.6 Å². The third-order valence-corrected chi connectivity index (χ3v) is 3.89. The summed E-state index contributed by atoms with van der Waals surface area (Å²) in [5, 5.41) is 16.5. The first-order chi connectivity index (χ1) is 13.1. The Morgan fingerprint density at radius 1 is 1.04 bits per heavy atom. The number of hydrogen-bond acceptors (Lipinski definition) is 4. The lowest BCUT2D eigenvalue weighted by molar-refractivity contribution is 0.0963. The highest BCUT2D eigenvalue weighted by atomic mass is 19.1. The van der Waals surface area contributed by atoms with Crippen molar-refractivity contribution in [3.05, 3.63) is 71.6 Å². The van der Waals surface area contributed by atoms with Gasteiger partial charge in [0, 0.05) is 41.2 Å². The molecule has 0 bridgehead atoms. The average Bonchev–Trinajstić information content (AvgIpc) is 2.59. The summed E-state index contributed by atoms with van der Waals surface area (Å²) in [6.07, 6.45) is 1.57. The van der Waals surface area contributed by atoms with Crippen LogP contribution < -0.4 is 16.0 Å². The van der Waals surface area contributed by atoms with Gasteiger partial charge in [-0.25, -0.2) is 8.78 Å². The minimum Gasteiger partial charge on any atom is -0.375 e. The Morgan fingerprint density at radius 3 is 2.25 bits per heavy atom. The van der Waals surface area contributed by atoms with Gasteiger partial charge < -0.3 is 21.4 Å². The number of nitrogens with one attached hydrogen (secondary N) is 4. The van der Waals surface area contributed by atoms with Crippen LogP contribution in [-0.2, 0) is 0 Å². The van der Waals surface area contributed by atoms with Crippen LogP contribution in [-0.4, -0.2) is 18.7 Å². The second kappa shape index (κ2) is 8.65. The smallest absolute Gasteiger partial charge is 0.256 e. The molecule has 5 nitrogen and oxygen atoms in total. The van der Waals surface area contributed by atoms with Crippen molar-refractivity contribution in [1.29, 1.82) is 5.41 Å². The molecule has 28 heavy (non-hydrogen) atoms. The fraction of sp³-hybridized carbons (Fsp3) is 0.238. The Kier molecular flexibility index (Phi) is 6.51. The first kappa shape index (κ1) is 21.1. The monoisotopic (exact) mass is 386 g/mol. The second-order valence-electron chi connectivity index (χ2n) is 7.29. The van der Waals surface area contributed by atoms with Crippen molar-refractivity contribution in [2.75, 3.05) is 12.4 Å². The van der Waals surface area contributed by atoms with Gasteiger partial charge in [-0.05, 0) is 36.4 Å². The Hall–Kier alpha value is -3.22. The van der Waals surface area contributed by atoms with E-state index in [4.69, 9.17) is 5.41 Å². The van der Waals surface area contributed by atoms with E-state index in [0.29, 0.717) is 22.8 Å². The zero-order chi connectivity index (χ0) is 20.9. The first-order valence-corrected chi connectivity index (χ1v) is 8.71. The van der Waals surface area contributed by atoms with E-state index in [9.17, 15) is 13.6 Å². The lowest BCUT2D eigenvalue weighted by Crippen LogP contribution is -2.31. The zero-order valence-electron chi connectivity index (χ0n) is 16.3. The number of carbonyl (C=O) groups excluding carboxylic acids is 1. The molecule has 2 aromatic carbocycles. The van der Waals surface area contributed by atoms with Crippen LogP contribution in [0.25, 0.3) is 0 Å². The summed E-state index contributed by atoms with van der Waals surface area (Å²) in [7, 11) is 1.65. The minimum atomic E-state index is -0.693. The van der Waals surface area contributed by atoms with E-state index in [1.165, 1.54) is 0 Å². The van der Waals surface area contributed by atoms with Crippen molar-refractivity contribution in [2.45, 2.75) is 20.8 Å². The Balaban J connectivity index is 2.17. The fourth-order valence-corrected chi connectivity index (χ4v) is 2.26. The molecule has 0 aliphatic carbocycles. The number of allylic oxidation sites excluding steroid dienone is 1. The molecule has 0 saturated heterocycles. The van der Waals surface area contributed by atoms with Crippen LogP contribution >= 0.6 is 0 Å². The zero-order valence-corrected chi connectivity index (χ0v) is 16.3. The topological polar surface area (TPSA) is 77.0 Å².